The van der Waals surface area contributed by atoms with E-state index in [9.17, 15) is 18.0 Å². The molecule has 0 unspecified atom stereocenters. The Labute approximate surface area is 151 Å². The van der Waals surface area contributed by atoms with E-state index in [4.69, 9.17) is 9.52 Å². The molecule has 1 saturated heterocycles. The molecule has 8 nitrogen and oxygen atoms in total. The van der Waals surface area contributed by atoms with Crippen molar-refractivity contribution in [3.63, 3.8) is 0 Å². The van der Waals surface area contributed by atoms with Gasteiger partial charge in [0.1, 0.15) is 0 Å². The number of carboxylic acids is 1. The van der Waals surface area contributed by atoms with Gasteiger partial charge in [-0.05, 0) is 43.4 Å². The van der Waals surface area contributed by atoms with Crippen LogP contribution in [0.1, 0.15) is 29.8 Å². The summed E-state index contributed by atoms with van der Waals surface area (Å²) in [7, 11) is -3.88. The van der Waals surface area contributed by atoms with Crippen LogP contribution in [0.2, 0.25) is 0 Å². The Kier molecular flexibility index (Phi) is 6.91. The van der Waals surface area contributed by atoms with Crippen LogP contribution in [0.4, 0.5) is 0 Å². The number of hydrogen-bond donors (Lipinski definition) is 2. The second kappa shape index (κ2) is 8.72. The molecule has 1 fully saturated rings. The number of furan rings is 1. The maximum absolute atomic E-state index is 12.5. The summed E-state index contributed by atoms with van der Waals surface area (Å²) in [4.78, 5) is 22.9. The molecule has 0 aromatic carbocycles. The Morgan fingerprint density at radius 1 is 1.36 bits per heavy atom. The number of amides is 1. The molecule has 1 aliphatic rings. The largest absolute Gasteiger partial charge is 0.475 e. The monoisotopic (exact) mass is 390 g/mol. The minimum absolute atomic E-state index is 0.0377. The molecule has 140 valence electrons. The summed E-state index contributed by atoms with van der Waals surface area (Å²) < 4.78 is 31.1. The lowest BCUT2D eigenvalue weighted by Gasteiger charge is -2.29. The molecule has 1 aliphatic heterocycles. The van der Waals surface area contributed by atoms with Gasteiger partial charge in [-0.3, -0.25) is 4.79 Å². The highest BCUT2D eigenvalue weighted by molar-refractivity contribution is 7.98. The molecule has 10 heteroatoms. The van der Waals surface area contributed by atoms with Gasteiger partial charge in [-0.15, -0.1) is 0 Å². The minimum Gasteiger partial charge on any atom is -0.475 e. The molecular formula is C15H22N2O6S2. The predicted molar refractivity (Wildman–Crippen MR) is 93.2 cm³/mol. The van der Waals surface area contributed by atoms with Gasteiger partial charge >= 0.3 is 5.97 Å². The molecule has 0 atom stereocenters. The number of carbonyl (C=O) groups is 2. The van der Waals surface area contributed by atoms with Crippen molar-refractivity contribution >= 4 is 33.7 Å². The minimum atomic E-state index is -3.88. The number of carbonyl (C=O) groups excluding carboxylic acids is 1. The van der Waals surface area contributed by atoms with E-state index in [-0.39, 0.29) is 30.0 Å². The van der Waals surface area contributed by atoms with Crippen molar-refractivity contribution in [1.29, 1.82) is 0 Å². The first-order valence-electron chi connectivity index (χ1n) is 7.96. The normalized spacial score (nSPS) is 16.7. The smallest absolute Gasteiger partial charge is 0.371 e. The molecule has 1 aromatic heterocycles. The molecule has 0 aliphatic carbocycles. The zero-order valence-electron chi connectivity index (χ0n) is 13.9. The van der Waals surface area contributed by atoms with Gasteiger partial charge in [0.05, 0.1) is 0 Å². The maximum Gasteiger partial charge on any atom is 0.371 e. The van der Waals surface area contributed by atoms with Crippen LogP contribution in [-0.2, 0) is 14.8 Å². The van der Waals surface area contributed by atoms with Crippen LogP contribution in [-0.4, -0.2) is 61.3 Å². The van der Waals surface area contributed by atoms with Crippen molar-refractivity contribution in [3.8, 4) is 0 Å². The summed E-state index contributed by atoms with van der Waals surface area (Å²) in [6.07, 6.45) is 3.78. The highest BCUT2D eigenvalue weighted by Crippen LogP contribution is 2.25. The van der Waals surface area contributed by atoms with E-state index >= 15 is 0 Å². The molecule has 2 heterocycles. The van der Waals surface area contributed by atoms with E-state index in [2.05, 4.69) is 5.32 Å². The second-order valence-electron chi connectivity index (χ2n) is 5.74. The number of nitrogens with one attached hydrogen (secondary N) is 1. The third-order valence-corrected chi connectivity index (χ3v) is 6.51. The Hall–Kier alpha value is -1.52. The van der Waals surface area contributed by atoms with Crippen LogP contribution < -0.4 is 5.32 Å². The Morgan fingerprint density at radius 3 is 2.60 bits per heavy atom. The van der Waals surface area contributed by atoms with E-state index in [1.54, 1.807) is 11.8 Å². The van der Waals surface area contributed by atoms with Gasteiger partial charge in [0, 0.05) is 25.6 Å². The quantitative estimate of drug-likeness (QED) is 0.642. The number of sulfonamides is 1. The van der Waals surface area contributed by atoms with Crippen LogP contribution in [0.5, 0.6) is 0 Å². The maximum atomic E-state index is 12.5. The topological polar surface area (TPSA) is 117 Å². The first kappa shape index (κ1) is 19.8. The van der Waals surface area contributed by atoms with Gasteiger partial charge in [0.15, 0.2) is 0 Å². The summed E-state index contributed by atoms with van der Waals surface area (Å²) >= 11 is 1.72. The van der Waals surface area contributed by atoms with Gasteiger partial charge in [0.2, 0.25) is 16.8 Å². The van der Waals surface area contributed by atoms with Crippen LogP contribution in [0.3, 0.4) is 0 Å². The van der Waals surface area contributed by atoms with E-state index in [0.29, 0.717) is 19.4 Å². The zero-order valence-corrected chi connectivity index (χ0v) is 15.6. The number of hydrogen-bond acceptors (Lipinski definition) is 6. The molecular weight excluding hydrogens is 368 g/mol. The average Bonchev–Trinajstić information content (AvgIpc) is 3.10. The number of nitrogens with zero attached hydrogens (tertiary/aromatic N) is 1. The fourth-order valence-electron chi connectivity index (χ4n) is 2.63. The lowest BCUT2D eigenvalue weighted by molar-refractivity contribution is -0.126. The zero-order chi connectivity index (χ0) is 18.4. The summed E-state index contributed by atoms with van der Waals surface area (Å²) in [6, 6.07) is 2.26. The molecule has 2 N–H and O–H groups in total. The molecule has 2 rings (SSSR count). The van der Waals surface area contributed by atoms with E-state index in [1.807, 2.05) is 6.26 Å². The standard InChI is InChI=1S/C15H22N2O6S2/c1-24-10-2-7-16-14(18)11-5-8-17(9-6-11)25(21,22)13-4-3-12(23-13)15(19)20/h3-4,11H,2,5-10H2,1H3,(H,16,18)(H,19,20). The number of thioether (sulfide) groups is 1. The Morgan fingerprint density at radius 2 is 2.04 bits per heavy atom. The third-order valence-electron chi connectivity index (χ3n) is 4.04. The van der Waals surface area contributed by atoms with Crippen molar-refractivity contribution < 1.29 is 27.5 Å². The summed E-state index contributed by atoms with van der Waals surface area (Å²) in [5, 5.41) is 11.3. The molecule has 1 amide bonds. The number of carboxylic acid groups (broad SMARTS) is 1. The van der Waals surface area contributed by atoms with Crippen molar-refractivity contribution in [2.45, 2.75) is 24.4 Å². The van der Waals surface area contributed by atoms with E-state index in [1.165, 1.54) is 4.31 Å². The first-order chi connectivity index (χ1) is 11.9. The van der Waals surface area contributed by atoms with E-state index in [0.717, 1.165) is 24.3 Å². The Balaban J connectivity index is 1.90. The predicted octanol–water partition coefficient (Wildman–Crippen LogP) is 1.25. The third kappa shape index (κ3) is 4.99. The molecule has 1 aromatic rings. The fourth-order valence-corrected chi connectivity index (χ4v) is 4.45. The average molecular weight is 390 g/mol. The summed E-state index contributed by atoms with van der Waals surface area (Å²) in [6.45, 7) is 1.03. The van der Waals surface area contributed by atoms with E-state index < -0.39 is 21.8 Å². The van der Waals surface area contributed by atoms with Crippen molar-refractivity contribution in [2.75, 3.05) is 31.6 Å². The Bertz CT molecular complexity index is 707. The lowest BCUT2D eigenvalue weighted by Crippen LogP contribution is -2.43. The molecule has 25 heavy (non-hydrogen) atoms. The molecule has 0 radical (unpaired) electrons. The fraction of sp³-hybridized carbons (Fsp3) is 0.600. The van der Waals surface area contributed by atoms with Gasteiger partial charge in [-0.25, -0.2) is 13.2 Å². The van der Waals surface area contributed by atoms with Crippen molar-refractivity contribution in [2.24, 2.45) is 5.92 Å². The van der Waals surface area contributed by atoms with Gasteiger partial charge in [0.25, 0.3) is 10.0 Å². The van der Waals surface area contributed by atoms with Crippen molar-refractivity contribution in [3.05, 3.63) is 17.9 Å². The lowest BCUT2D eigenvalue weighted by atomic mass is 9.97. The molecule has 0 saturated carbocycles. The first-order valence-corrected chi connectivity index (χ1v) is 10.8. The van der Waals surface area contributed by atoms with Gasteiger partial charge in [-0.1, -0.05) is 0 Å². The second-order valence-corrected chi connectivity index (χ2v) is 8.59. The highest BCUT2D eigenvalue weighted by atomic mass is 32.2. The summed E-state index contributed by atoms with van der Waals surface area (Å²) in [5.74, 6) is -0.994. The van der Waals surface area contributed by atoms with Gasteiger partial charge in [-0.2, -0.15) is 16.1 Å². The molecule has 0 spiro atoms. The van der Waals surface area contributed by atoms with Crippen LogP contribution >= 0.6 is 11.8 Å². The SMILES string of the molecule is CSCCCNC(=O)C1CCN(S(=O)(=O)c2ccc(C(=O)O)o2)CC1. The number of aromatic carboxylic acids is 1. The number of rotatable bonds is 8. The summed E-state index contributed by atoms with van der Waals surface area (Å²) in [5.41, 5.74) is 0. The molecule has 0 bridgehead atoms. The number of piperidine rings is 1. The highest BCUT2D eigenvalue weighted by Gasteiger charge is 2.34. The van der Waals surface area contributed by atoms with Crippen molar-refractivity contribution in [1.82, 2.24) is 9.62 Å². The van der Waals surface area contributed by atoms with Crippen LogP contribution in [0.25, 0.3) is 0 Å². The van der Waals surface area contributed by atoms with Gasteiger partial charge < -0.3 is 14.8 Å². The van der Waals surface area contributed by atoms with Crippen LogP contribution in [0.15, 0.2) is 21.6 Å². The van der Waals surface area contributed by atoms with Crippen LogP contribution in [0, 0.1) is 5.92 Å².